The third-order valence-electron chi connectivity index (χ3n) is 3.42. The van der Waals surface area contributed by atoms with Crippen molar-refractivity contribution in [3.8, 4) is 0 Å². The molecule has 2 aromatic rings. The van der Waals surface area contributed by atoms with Crippen molar-refractivity contribution in [3.05, 3.63) is 70.0 Å². The third kappa shape index (κ3) is 2.29. The minimum Gasteiger partial charge on any atom is -0.320 e. The summed E-state index contributed by atoms with van der Waals surface area (Å²) in [6, 6.07) is 10.7. The van der Waals surface area contributed by atoms with Gasteiger partial charge in [0.1, 0.15) is 5.82 Å². The summed E-state index contributed by atoms with van der Waals surface area (Å²) in [5.74, 6) is -0.218. The van der Waals surface area contributed by atoms with Crippen molar-refractivity contribution in [1.29, 1.82) is 0 Å². The van der Waals surface area contributed by atoms with Gasteiger partial charge in [-0.05, 0) is 60.7 Å². The number of halogens is 1. The molecule has 0 saturated carbocycles. The fourth-order valence-corrected chi connectivity index (χ4v) is 2.46. The van der Waals surface area contributed by atoms with E-state index in [9.17, 15) is 4.39 Å². The molecule has 94 valence electrons. The minimum atomic E-state index is -0.218. The summed E-state index contributed by atoms with van der Waals surface area (Å²) >= 11 is 0. The van der Waals surface area contributed by atoms with E-state index in [0.29, 0.717) is 0 Å². The minimum absolute atomic E-state index is 0.202. The van der Waals surface area contributed by atoms with Crippen LogP contribution in [0.4, 0.5) is 4.39 Å². The maximum Gasteiger partial charge on any atom is 0.123 e. The molecule has 0 amide bonds. The van der Waals surface area contributed by atoms with Gasteiger partial charge in [-0.3, -0.25) is 0 Å². The second-order valence-corrected chi connectivity index (χ2v) is 4.78. The monoisotopic (exact) mass is 243 g/mol. The Morgan fingerprint density at radius 3 is 2.11 bits per heavy atom. The molecule has 2 rings (SSSR count). The van der Waals surface area contributed by atoms with Gasteiger partial charge in [-0.25, -0.2) is 4.39 Å². The second-order valence-electron chi connectivity index (χ2n) is 4.78. The van der Waals surface area contributed by atoms with Crippen LogP contribution in [0, 0.1) is 26.6 Å². The van der Waals surface area contributed by atoms with E-state index in [4.69, 9.17) is 5.73 Å². The number of aryl methyl sites for hydroxylation is 3. The molecule has 1 atom stereocenters. The average molecular weight is 243 g/mol. The van der Waals surface area contributed by atoms with E-state index in [2.05, 4.69) is 26.0 Å². The standard InChI is InChI=1S/C16H18FN/c1-10-5-4-6-11(2)15(10)16(18)14-8-7-13(17)9-12(14)3/h4-9,16H,18H2,1-3H3. The van der Waals surface area contributed by atoms with Crippen LogP contribution in [-0.4, -0.2) is 0 Å². The Kier molecular flexibility index (Phi) is 3.48. The fraction of sp³-hybridized carbons (Fsp3) is 0.250. The molecule has 1 nitrogen and oxygen atoms in total. The lowest BCUT2D eigenvalue weighted by molar-refractivity contribution is 0.624. The number of rotatable bonds is 2. The number of hydrogen-bond acceptors (Lipinski definition) is 1. The summed E-state index contributed by atoms with van der Waals surface area (Å²) in [6.07, 6.45) is 0. The highest BCUT2D eigenvalue weighted by Gasteiger charge is 2.15. The molecule has 0 radical (unpaired) electrons. The zero-order valence-electron chi connectivity index (χ0n) is 11.0. The summed E-state index contributed by atoms with van der Waals surface area (Å²) in [5, 5.41) is 0. The normalized spacial score (nSPS) is 12.5. The van der Waals surface area contributed by atoms with Crippen molar-refractivity contribution < 1.29 is 4.39 Å². The quantitative estimate of drug-likeness (QED) is 0.853. The van der Waals surface area contributed by atoms with Gasteiger partial charge in [-0.1, -0.05) is 24.3 Å². The molecule has 2 heteroatoms. The smallest absolute Gasteiger partial charge is 0.123 e. The van der Waals surface area contributed by atoms with E-state index in [-0.39, 0.29) is 11.9 Å². The van der Waals surface area contributed by atoms with Gasteiger partial charge in [0, 0.05) is 0 Å². The lowest BCUT2D eigenvalue weighted by Crippen LogP contribution is -2.16. The van der Waals surface area contributed by atoms with Crippen LogP contribution in [0.2, 0.25) is 0 Å². The van der Waals surface area contributed by atoms with Gasteiger partial charge in [0.25, 0.3) is 0 Å². The first-order chi connectivity index (χ1) is 8.50. The average Bonchev–Trinajstić information content (AvgIpc) is 2.28. The highest BCUT2D eigenvalue weighted by atomic mass is 19.1. The molecule has 1 unspecified atom stereocenters. The van der Waals surface area contributed by atoms with E-state index in [1.165, 1.54) is 23.3 Å². The van der Waals surface area contributed by atoms with E-state index in [1.54, 1.807) is 6.07 Å². The first kappa shape index (κ1) is 12.8. The number of nitrogens with two attached hydrogens (primary N) is 1. The highest BCUT2D eigenvalue weighted by Crippen LogP contribution is 2.28. The molecule has 0 aliphatic heterocycles. The first-order valence-corrected chi connectivity index (χ1v) is 6.08. The van der Waals surface area contributed by atoms with Gasteiger partial charge in [0.2, 0.25) is 0 Å². The van der Waals surface area contributed by atoms with Crippen LogP contribution in [0.3, 0.4) is 0 Å². The molecule has 0 fully saturated rings. The molecular formula is C16H18FN. The molecule has 2 N–H and O–H groups in total. The zero-order chi connectivity index (χ0) is 13.3. The molecule has 0 bridgehead atoms. The van der Waals surface area contributed by atoms with Crippen LogP contribution in [0.15, 0.2) is 36.4 Å². The van der Waals surface area contributed by atoms with E-state index in [0.717, 1.165) is 16.7 Å². The van der Waals surface area contributed by atoms with Crippen molar-refractivity contribution in [3.63, 3.8) is 0 Å². The highest BCUT2D eigenvalue weighted by molar-refractivity contribution is 5.43. The maximum absolute atomic E-state index is 13.1. The van der Waals surface area contributed by atoms with Crippen LogP contribution in [0.25, 0.3) is 0 Å². The van der Waals surface area contributed by atoms with Crippen LogP contribution in [-0.2, 0) is 0 Å². The number of benzene rings is 2. The summed E-state index contributed by atoms with van der Waals surface area (Å²) in [6.45, 7) is 6.01. The molecule has 0 aromatic heterocycles. The summed E-state index contributed by atoms with van der Waals surface area (Å²) < 4.78 is 13.1. The van der Waals surface area contributed by atoms with E-state index in [1.807, 2.05) is 13.0 Å². The Morgan fingerprint density at radius 1 is 0.944 bits per heavy atom. The lowest BCUT2D eigenvalue weighted by atomic mass is 9.90. The van der Waals surface area contributed by atoms with Crippen molar-refractivity contribution >= 4 is 0 Å². The molecule has 0 saturated heterocycles. The number of hydrogen-bond donors (Lipinski definition) is 1. The van der Waals surface area contributed by atoms with Crippen LogP contribution < -0.4 is 5.73 Å². The summed E-state index contributed by atoms with van der Waals surface area (Å²) in [5.41, 5.74) is 11.7. The van der Waals surface area contributed by atoms with Gasteiger partial charge < -0.3 is 5.73 Å². The van der Waals surface area contributed by atoms with Crippen molar-refractivity contribution in [2.45, 2.75) is 26.8 Å². The fourth-order valence-electron chi connectivity index (χ4n) is 2.46. The molecule has 0 aliphatic carbocycles. The zero-order valence-corrected chi connectivity index (χ0v) is 11.0. The Morgan fingerprint density at radius 2 is 1.56 bits per heavy atom. The van der Waals surface area contributed by atoms with E-state index < -0.39 is 0 Å². The molecular weight excluding hydrogens is 225 g/mol. The Balaban J connectivity index is 2.51. The molecule has 0 heterocycles. The van der Waals surface area contributed by atoms with Crippen LogP contribution in [0.1, 0.15) is 33.9 Å². The Labute approximate surface area is 107 Å². The molecule has 0 spiro atoms. The van der Waals surface area contributed by atoms with Gasteiger partial charge in [-0.15, -0.1) is 0 Å². The Bertz CT molecular complexity index is 555. The predicted octanol–water partition coefficient (Wildman–Crippen LogP) is 3.80. The SMILES string of the molecule is Cc1cc(F)ccc1C(N)c1c(C)cccc1C. The topological polar surface area (TPSA) is 26.0 Å². The van der Waals surface area contributed by atoms with E-state index >= 15 is 0 Å². The molecule has 0 aliphatic rings. The maximum atomic E-state index is 13.1. The second kappa shape index (κ2) is 4.91. The van der Waals surface area contributed by atoms with Crippen LogP contribution in [0.5, 0.6) is 0 Å². The van der Waals surface area contributed by atoms with Crippen molar-refractivity contribution in [1.82, 2.24) is 0 Å². The van der Waals surface area contributed by atoms with Gasteiger partial charge in [-0.2, -0.15) is 0 Å². The van der Waals surface area contributed by atoms with Crippen molar-refractivity contribution in [2.75, 3.05) is 0 Å². The third-order valence-corrected chi connectivity index (χ3v) is 3.42. The lowest BCUT2D eigenvalue weighted by Gasteiger charge is -2.19. The first-order valence-electron chi connectivity index (χ1n) is 6.08. The molecule has 2 aromatic carbocycles. The van der Waals surface area contributed by atoms with Gasteiger partial charge >= 0.3 is 0 Å². The predicted molar refractivity (Wildman–Crippen MR) is 73.1 cm³/mol. The largest absolute Gasteiger partial charge is 0.320 e. The van der Waals surface area contributed by atoms with Gasteiger partial charge in [0.15, 0.2) is 0 Å². The van der Waals surface area contributed by atoms with Crippen LogP contribution >= 0.6 is 0 Å². The van der Waals surface area contributed by atoms with Crippen molar-refractivity contribution in [2.24, 2.45) is 5.73 Å². The Hall–Kier alpha value is -1.67. The summed E-state index contributed by atoms with van der Waals surface area (Å²) in [7, 11) is 0. The molecule has 18 heavy (non-hydrogen) atoms. The summed E-state index contributed by atoms with van der Waals surface area (Å²) in [4.78, 5) is 0. The van der Waals surface area contributed by atoms with Gasteiger partial charge in [0.05, 0.1) is 6.04 Å².